The number of rotatable bonds is 0. The molecule has 3 N–H and O–H groups in total. The molecule has 1 aromatic heterocycles. The van der Waals surface area contributed by atoms with Crippen molar-refractivity contribution in [2.75, 3.05) is 18.2 Å². The predicted octanol–water partition coefficient (Wildman–Crippen LogP) is 2.79. The van der Waals surface area contributed by atoms with Gasteiger partial charge in [-0.05, 0) is 30.2 Å². The van der Waals surface area contributed by atoms with Crippen LogP contribution in [-0.4, -0.2) is 34.3 Å². The quantitative estimate of drug-likeness (QED) is 0.764. The van der Waals surface area contributed by atoms with Crippen LogP contribution in [0.3, 0.4) is 0 Å². The summed E-state index contributed by atoms with van der Waals surface area (Å²) in [5.74, 6) is 1.63. The molecular formula is C14H16BrN3OS. The number of aromatic nitrogens is 1. The molecule has 3 heterocycles. The lowest BCUT2D eigenvalue weighted by Gasteiger charge is -2.35. The molecule has 0 bridgehead atoms. The highest BCUT2D eigenvalue weighted by molar-refractivity contribution is 9.10. The van der Waals surface area contributed by atoms with Gasteiger partial charge < -0.3 is 10.7 Å². The average molecular weight is 354 g/mol. The number of nitrogens with one attached hydrogen (secondary N) is 1. The van der Waals surface area contributed by atoms with Crippen molar-refractivity contribution in [2.24, 2.45) is 5.73 Å². The van der Waals surface area contributed by atoms with Gasteiger partial charge in [0, 0.05) is 39.4 Å². The largest absolute Gasteiger partial charge is 0.357 e. The molecule has 1 saturated heterocycles. The van der Waals surface area contributed by atoms with Gasteiger partial charge in [-0.2, -0.15) is 5.06 Å². The standard InChI is InChI=1S/C14H16BrN3OS/c15-8-1-2-12-10(5-8)9-3-4-18-14(13(9)17-12)11(16)6-20-7-19-18/h1-2,5,11,14,17H,3-4,6-7,16H2/t11-,14?/m1/s1. The zero-order chi connectivity index (χ0) is 13.7. The number of thioether (sulfide) groups is 1. The fourth-order valence-electron chi connectivity index (χ4n) is 3.22. The summed E-state index contributed by atoms with van der Waals surface area (Å²) in [5, 5.41) is 3.37. The second kappa shape index (κ2) is 5.03. The minimum atomic E-state index is 0.0954. The first kappa shape index (κ1) is 13.2. The van der Waals surface area contributed by atoms with Crippen molar-refractivity contribution in [3.63, 3.8) is 0 Å². The van der Waals surface area contributed by atoms with Crippen LogP contribution < -0.4 is 5.73 Å². The van der Waals surface area contributed by atoms with Gasteiger partial charge in [-0.1, -0.05) is 15.9 Å². The molecule has 0 aliphatic carbocycles. The third kappa shape index (κ3) is 2.02. The molecule has 4 rings (SSSR count). The van der Waals surface area contributed by atoms with E-state index < -0.39 is 0 Å². The fourth-order valence-corrected chi connectivity index (χ4v) is 4.34. The Kier molecular flexibility index (Phi) is 3.31. The molecule has 2 aliphatic heterocycles. The molecule has 0 amide bonds. The number of benzene rings is 1. The fraction of sp³-hybridized carbons (Fsp3) is 0.429. The molecule has 0 spiro atoms. The topological polar surface area (TPSA) is 54.3 Å². The summed E-state index contributed by atoms with van der Waals surface area (Å²) < 4.78 is 1.12. The lowest BCUT2D eigenvalue weighted by Crippen LogP contribution is -2.44. The number of aromatic amines is 1. The molecule has 2 atom stereocenters. The minimum absolute atomic E-state index is 0.0954. The average Bonchev–Trinajstić information content (AvgIpc) is 2.69. The van der Waals surface area contributed by atoms with Gasteiger partial charge in [0.2, 0.25) is 0 Å². The van der Waals surface area contributed by atoms with E-state index in [0.717, 1.165) is 23.2 Å². The zero-order valence-electron chi connectivity index (χ0n) is 10.9. The highest BCUT2D eigenvalue weighted by Crippen LogP contribution is 2.38. The molecular weight excluding hydrogens is 338 g/mol. The van der Waals surface area contributed by atoms with Crippen molar-refractivity contribution in [1.82, 2.24) is 10.0 Å². The summed E-state index contributed by atoms with van der Waals surface area (Å²) in [7, 11) is 0. The van der Waals surface area contributed by atoms with E-state index in [1.54, 1.807) is 11.8 Å². The second-order valence-electron chi connectivity index (χ2n) is 5.32. The summed E-state index contributed by atoms with van der Waals surface area (Å²) in [6, 6.07) is 6.62. The first-order valence-electron chi connectivity index (χ1n) is 6.77. The highest BCUT2D eigenvalue weighted by atomic mass is 79.9. The smallest absolute Gasteiger partial charge is 0.114 e. The summed E-state index contributed by atoms with van der Waals surface area (Å²) in [6.07, 6.45) is 1.000. The number of halogens is 1. The Labute approximate surface area is 130 Å². The van der Waals surface area contributed by atoms with Crippen LogP contribution in [0.15, 0.2) is 22.7 Å². The maximum atomic E-state index is 6.38. The number of hydrogen-bond acceptors (Lipinski definition) is 4. The summed E-state index contributed by atoms with van der Waals surface area (Å²) >= 11 is 5.32. The lowest BCUT2D eigenvalue weighted by atomic mass is 9.95. The normalized spacial score (nSPS) is 27.1. The molecule has 4 nitrogen and oxygen atoms in total. The maximum Gasteiger partial charge on any atom is 0.114 e. The number of hydroxylamine groups is 2. The molecule has 6 heteroatoms. The number of nitrogens with two attached hydrogens (primary N) is 1. The van der Waals surface area contributed by atoms with Gasteiger partial charge >= 0.3 is 0 Å². The number of H-pyrrole nitrogens is 1. The van der Waals surface area contributed by atoms with Crippen molar-refractivity contribution in [2.45, 2.75) is 18.5 Å². The van der Waals surface area contributed by atoms with Crippen LogP contribution in [0, 0.1) is 0 Å². The van der Waals surface area contributed by atoms with Gasteiger partial charge in [0.1, 0.15) is 5.94 Å². The summed E-state index contributed by atoms with van der Waals surface area (Å²) in [5.41, 5.74) is 10.2. The first-order valence-corrected chi connectivity index (χ1v) is 8.71. The molecule has 2 aliphatic rings. The van der Waals surface area contributed by atoms with E-state index in [-0.39, 0.29) is 12.1 Å². The Morgan fingerprint density at radius 3 is 3.25 bits per heavy atom. The van der Waals surface area contributed by atoms with Gasteiger partial charge in [0.25, 0.3) is 0 Å². The second-order valence-corrected chi connectivity index (χ2v) is 7.22. The van der Waals surface area contributed by atoms with Crippen LogP contribution in [0.4, 0.5) is 0 Å². The summed E-state index contributed by atoms with van der Waals surface area (Å²) in [4.78, 5) is 9.41. The van der Waals surface area contributed by atoms with E-state index in [1.165, 1.54) is 22.2 Å². The monoisotopic (exact) mass is 353 g/mol. The van der Waals surface area contributed by atoms with Crippen LogP contribution in [0.1, 0.15) is 17.3 Å². The van der Waals surface area contributed by atoms with E-state index >= 15 is 0 Å². The van der Waals surface area contributed by atoms with Crippen molar-refractivity contribution in [3.8, 4) is 0 Å². The minimum Gasteiger partial charge on any atom is -0.357 e. The van der Waals surface area contributed by atoms with E-state index in [9.17, 15) is 0 Å². The lowest BCUT2D eigenvalue weighted by molar-refractivity contribution is -0.175. The van der Waals surface area contributed by atoms with Crippen molar-refractivity contribution in [1.29, 1.82) is 0 Å². The van der Waals surface area contributed by atoms with E-state index in [1.807, 2.05) is 0 Å². The van der Waals surface area contributed by atoms with Crippen molar-refractivity contribution in [3.05, 3.63) is 33.9 Å². The molecule has 20 heavy (non-hydrogen) atoms. The number of nitrogens with zero attached hydrogens (tertiary/aromatic N) is 1. The van der Waals surface area contributed by atoms with Gasteiger partial charge in [-0.25, -0.2) is 0 Å². The van der Waals surface area contributed by atoms with E-state index in [2.05, 4.69) is 44.2 Å². The molecule has 1 fully saturated rings. The Morgan fingerprint density at radius 2 is 2.35 bits per heavy atom. The van der Waals surface area contributed by atoms with Crippen LogP contribution in [-0.2, 0) is 11.3 Å². The summed E-state index contributed by atoms with van der Waals surface area (Å²) in [6.45, 7) is 0.908. The van der Waals surface area contributed by atoms with Crippen LogP contribution in [0.25, 0.3) is 10.9 Å². The Morgan fingerprint density at radius 1 is 1.45 bits per heavy atom. The molecule has 106 valence electrons. The number of hydrogen-bond donors (Lipinski definition) is 2. The van der Waals surface area contributed by atoms with Crippen molar-refractivity contribution < 1.29 is 4.84 Å². The third-order valence-electron chi connectivity index (χ3n) is 4.11. The van der Waals surface area contributed by atoms with Gasteiger partial charge in [0.05, 0.1) is 6.04 Å². The Hall–Kier alpha value is -0.530. The molecule has 0 saturated carbocycles. The first-order chi connectivity index (χ1) is 9.74. The van der Waals surface area contributed by atoms with Crippen molar-refractivity contribution >= 4 is 38.6 Å². The highest BCUT2D eigenvalue weighted by Gasteiger charge is 2.36. The maximum absolute atomic E-state index is 6.38. The molecule has 2 aromatic rings. The number of fused-ring (bicyclic) bond motifs is 5. The third-order valence-corrected chi connectivity index (χ3v) is 5.49. The molecule has 1 aromatic carbocycles. The van der Waals surface area contributed by atoms with Gasteiger partial charge in [-0.15, -0.1) is 11.8 Å². The Balaban J connectivity index is 1.88. The SMILES string of the molecule is N[C@@H]1CSCON2CCc3c([nH]c4ccc(Br)cc34)C12. The van der Waals surface area contributed by atoms with Crippen LogP contribution in [0.5, 0.6) is 0 Å². The van der Waals surface area contributed by atoms with E-state index in [4.69, 9.17) is 10.6 Å². The molecule has 0 radical (unpaired) electrons. The van der Waals surface area contributed by atoms with Crippen LogP contribution >= 0.6 is 27.7 Å². The predicted molar refractivity (Wildman–Crippen MR) is 85.5 cm³/mol. The van der Waals surface area contributed by atoms with Gasteiger partial charge in [0.15, 0.2) is 0 Å². The Bertz CT molecular complexity index is 659. The molecule has 1 unspecified atom stereocenters. The van der Waals surface area contributed by atoms with E-state index in [0.29, 0.717) is 5.94 Å². The van der Waals surface area contributed by atoms with Crippen LogP contribution in [0.2, 0.25) is 0 Å². The van der Waals surface area contributed by atoms with Gasteiger partial charge in [-0.3, -0.25) is 4.84 Å². The zero-order valence-corrected chi connectivity index (χ0v) is 13.3.